The van der Waals surface area contributed by atoms with Gasteiger partial charge in [0, 0.05) is 23.6 Å². The van der Waals surface area contributed by atoms with E-state index in [1.807, 2.05) is 97.4 Å². The highest BCUT2D eigenvalue weighted by atomic mass is 16.2. The molecule has 3 amide bonds. The molecule has 1 unspecified atom stereocenters. The number of nitrogens with zero attached hydrogens (tertiary/aromatic N) is 3. The molecule has 1 aliphatic rings. The molecule has 0 bridgehead atoms. The number of hydrogen-bond donors (Lipinski definition) is 0. The van der Waals surface area contributed by atoms with Gasteiger partial charge in [-0.15, -0.1) is 0 Å². The van der Waals surface area contributed by atoms with Crippen molar-refractivity contribution < 1.29 is 14.4 Å². The van der Waals surface area contributed by atoms with Crippen molar-refractivity contribution in [2.45, 2.75) is 19.9 Å². The molecule has 6 heteroatoms. The summed E-state index contributed by atoms with van der Waals surface area (Å²) in [5.74, 6) is -0.643. The van der Waals surface area contributed by atoms with Crippen LogP contribution in [-0.4, -0.2) is 39.8 Å². The summed E-state index contributed by atoms with van der Waals surface area (Å²) in [6.45, 7) is 3.35. The third-order valence-corrected chi connectivity index (χ3v) is 6.49. The summed E-state index contributed by atoms with van der Waals surface area (Å²) in [6.07, 6.45) is 0. The van der Waals surface area contributed by atoms with Crippen LogP contribution in [0.1, 0.15) is 22.8 Å². The van der Waals surface area contributed by atoms with E-state index in [-0.39, 0.29) is 18.2 Å². The summed E-state index contributed by atoms with van der Waals surface area (Å²) in [6, 6.07) is 23.7. The molecule has 0 spiro atoms. The zero-order valence-corrected chi connectivity index (χ0v) is 19.4. The van der Waals surface area contributed by atoms with Gasteiger partial charge in [-0.25, -0.2) is 4.79 Å². The molecule has 1 fully saturated rings. The van der Waals surface area contributed by atoms with Crippen molar-refractivity contribution >= 4 is 34.3 Å². The molecule has 1 aliphatic heterocycles. The summed E-state index contributed by atoms with van der Waals surface area (Å²) < 4.78 is 1.99. The van der Waals surface area contributed by atoms with Crippen molar-refractivity contribution in [2.75, 3.05) is 11.4 Å². The van der Waals surface area contributed by atoms with Crippen molar-refractivity contribution in [1.82, 2.24) is 9.47 Å². The average Bonchev–Trinajstić information content (AvgIpc) is 3.26. The number of urea groups is 1. The Bertz CT molecular complexity index is 1420. The van der Waals surface area contributed by atoms with Crippen molar-refractivity contribution in [2.24, 2.45) is 7.05 Å². The highest BCUT2D eigenvalue weighted by molar-refractivity contribution is 6.20. The van der Waals surface area contributed by atoms with Crippen LogP contribution in [0, 0.1) is 6.92 Å². The van der Waals surface area contributed by atoms with Crippen molar-refractivity contribution in [3.05, 3.63) is 90.0 Å². The lowest BCUT2D eigenvalue weighted by atomic mass is 10.0. The zero-order valence-electron chi connectivity index (χ0n) is 19.4. The number of Topliss-reactive ketones (excluding diaryl/α,β-unsaturated/α-hetero) is 1. The van der Waals surface area contributed by atoms with Crippen LogP contribution in [0.25, 0.3) is 22.2 Å². The van der Waals surface area contributed by atoms with Gasteiger partial charge in [0.2, 0.25) is 0 Å². The number of benzene rings is 3. The topological polar surface area (TPSA) is 62.6 Å². The van der Waals surface area contributed by atoms with Gasteiger partial charge >= 0.3 is 6.03 Å². The van der Waals surface area contributed by atoms with Crippen LogP contribution in [0.2, 0.25) is 0 Å². The highest BCUT2D eigenvalue weighted by Gasteiger charge is 2.44. The first kappa shape index (κ1) is 21.6. The molecule has 1 atom stereocenters. The fourth-order valence-electron chi connectivity index (χ4n) is 4.74. The summed E-state index contributed by atoms with van der Waals surface area (Å²) >= 11 is 0. The van der Waals surface area contributed by atoms with Gasteiger partial charge in [-0.1, -0.05) is 66.2 Å². The SMILES string of the molecule is Cc1ccc(N2C(=O)N(CC(=O)c3c(-c4ccccc4)n(C)c4ccccc34)C(=O)C2C)cc1. The number of carbonyl (C=O) groups is 3. The first-order chi connectivity index (χ1) is 16.4. The van der Waals surface area contributed by atoms with Gasteiger partial charge in [0.15, 0.2) is 5.78 Å². The Hall–Kier alpha value is -4.19. The Labute approximate surface area is 198 Å². The predicted molar refractivity (Wildman–Crippen MR) is 133 cm³/mol. The molecule has 170 valence electrons. The Morgan fingerprint density at radius 1 is 0.882 bits per heavy atom. The molecule has 0 N–H and O–H groups in total. The maximum Gasteiger partial charge on any atom is 0.332 e. The summed E-state index contributed by atoms with van der Waals surface area (Å²) in [4.78, 5) is 42.6. The van der Waals surface area contributed by atoms with E-state index in [2.05, 4.69) is 0 Å². The normalized spacial score (nSPS) is 16.0. The number of aryl methyl sites for hydroxylation is 2. The monoisotopic (exact) mass is 451 g/mol. The third-order valence-electron chi connectivity index (χ3n) is 6.49. The average molecular weight is 452 g/mol. The van der Waals surface area contributed by atoms with E-state index in [1.54, 1.807) is 6.92 Å². The van der Waals surface area contributed by atoms with Crippen molar-refractivity contribution in [3.63, 3.8) is 0 Å². The third kappa shape index (κ3) is 3.39. The Morgan fingerprint density at radius 2 is 1.53 bits per heavy atom. The summed E-state index contributed by atoms with van der Waals surface area (Å²) in [5.41, 5.74) is 4.81. The van der Waals surface area contributed by atoms with E-state index in [1.165, 1.54) is 4.90 Å². The fraction of sp³-hybridized carbons (Fsp3) is 0.179. The van der Waals surface area contributed by atoms with Gasteiger partial charge in [0.25, 0.3) is 5.91 Å². The minimum absolute atomic E-state index is 0.268. The van der Waals surface area contributed by atoms with Crippen LogP contribution in [0.3, 0.4) is 0 Å². The lowest BCUT2D eigenvalue weighted by molar-refractivity contribution is -0.126. The number of para-hydroxylation sites is 1. The van der Waals surface area contributed by atoms with Crippen LogP contribution < -0.4 is 4.90 Å². The quantitative estimate of drug-likeness (QED) is 0.310. The van der Waals surface area contributed by atoms with Gasteiger partial charge < -0.3 is 4.57 Å². The second-order valence-electron chi connectivity index (χ2n) is 8.68. The lowest BCUT2D eigenvalue weighted by Crippen LogP contribution is -2.37. The molecule has 6 nitrogen and oxygen atoms in total. The van der Waals surface area contributed by atoms with Crippen LogP contribution in [0.4, 0.5) is 10.5 Å². The molecule has 5 rings (SSSR count). The molecule has 0 saturated carbocycles. The molecule has 4 aromatic rings. The molecular weight excluding hydrogens is 426 g/mol. The van der Waals surface area contributed by atoms with Gasteiger partial charge in [-0.2, -0.15) is 0 Å². The number of anilines is 1. The van der Waals surface area contributed by atoms with Gasteiger partial charge in [-0.05, 0) is 37.6 Å². The Morgan fingerprint density at radius 3 is 2.24 bits per heavy atom. The number of aromatic nitrogens is 1. The molecule has 34 heavy (non-hydrogen) atoms. The summed E-state index contributed by atoms with van der Waals surface area (Å²) in [5, 5.41) is 0.802. The van der Waals surface area contributed by atoms with Crippen LogP contribution in [-0.2, 0) is 11.8 Å². The van der Waals surface area contributed by atoms with Crippen molar-refractivity contribution in [3.8, 4) is 11.3 Å². The number of rotatable bonds is 5. The van der Waals surface area contributed by atoms with Gasteiger partial charge in [-0.3, -0.25) is 19.4 Å². The largest absolute Gasteiger partial charge is 0.343 e. The first-order valence-electron chi connectivity index (χ1n) is 11.3. The number of fused-ring (bicyclic) bond motifs is 1. The van der Waals surface area contributed by atoms with E-state index < -0.39 is 12.1 Å². The number of amides is 3. The molecule has 1 saturated heterocycles. The second-order valence-corrected chi connectivity index (χ2v) is 8.68. The van der Waals surface area contributed by atoms with Crippen LogP contribution >= 0.6 is 0 Å². The smallest absolute Gasteiger partial charge is 0.332 e. The lowest BCUT2D eigenvalue weighted by Gasteiger charge is -2.19. The highest BCUT2D eigenvalue weighted by Crippen LogP contribution is 2.34. The molecule has 2 heterocycles. The van der Waals surface area contributed by atoms with E-state index in [9.17, 15) is 14.4 Å². The minimum atomic E-state index is -0.677. The molecular formula is C28H25N3O3. The maximum atomic E-state index is 13.7. The molecule has 1 aromatic heterocycles. The van der Waals surface area contributed by atoms with Crippen LogP contribution in [0.15, 0.2) is 78.9 Å². The zero-order chi connectivity index (χ0) is 24.0. The Kier molecular flexibility index (Phi) is 5.28. The number of ketones is 1. The first-order valence-corrected chi connectivity index (χ1v) is 11.3. The van der Waals surface area contributed by atoms with E-state index in [4.69, 9.17) is 0 Å². The molecule has 0 radical (unpaired) electrons. The summed E-state index contributed by atoms with van der Waals surface area (Å²) in [7, 11) is 1.93. The molecule has 3 aromatic carbocycles. The minimum Gasteiger partial charge on any atom is -0.343 e. The van der Waals surface area contributed by atoms with Gasteiger partial charge in [0.05, 0.1) is 17.8 Å². The standard InChI is InChI=1S/C28H25N3O3/c1-18-13-15-21(16-14-18)31-19(2)27(33)30(28(31)34)17-24(32)25-22-11-7-8-12-23(22)29(3)26(25)20-9-5-4-6-10-20/h4-16,19H,17H2,1-3H3. The predicted octanol–water partition coefficient (Wildman–Crippen LogP) is 5.19. The fourth-order valence-corrected chi connectivity index (χ4v) is 4.74. The second kappa shape index (κ2) is 8.30. The van der Waals surface area contributed by atoms with Crippen molar-refractivity contribution in [1.29, 1.82) is 0 Å². The van der Waals surface area contributed by atoms with E-state index in [0.717, 1.165) is 32.6 Å². The van der Waals surface area contributed by atoms with Crippen LogP contribution in [0.5, 0.6) is 0 Å². The molecule has 0 aliphatic carbocycles. The Balaban J connectivity index is 1.54. The van der Waals surface area contributed by atoms with E-state index in [0.29, 0.717) is 11.3 Å². The van der Waals surface area contributed by atoms with E-state index >= 15 is 0 Å². The number of carbonyl (C=O) groups excluding carboxylic acids is 3. The number of imide groups is 1. The number of hydrogen-bond acceptors (Lipinski definition) is 3. The van der Waals surface area contributed by atoms with Gasteiger partial charge in [0.1, 0.15) is 6.04 Å². The maximum absolute atomic E-state index is 13.7.